The molecule has 6 aromatic rings. The van der Waals surface area contributed by atoms with E-state index in [4.69, 9.17) is 18.9 Å². The summed E-state index contributed by atoms with van der Waals surface area (Å²) in [6.07, 6.45) is 1.88. The number of anilines is 1. The van der Waals surface area contributed by atoms with Crippen LogP contribution in [-0.2, 0) is 19.4 Å². The summed E-state index contributed by atoms with van der Waals surface area (Å²) >= 11 is 0. The van der Waals surface area contributed by atoms with Gasteiger partial charge in [0.05, 0.1) is 50.9 Å². The lowest BCUT2D eigenvalue weighted by Gasteiger charge is -2.29. The monoisotopic (exact) mass is 671 g/mol. The van der Waals surface area contributed by atoms with Crippen molar-refractivity contribution in [3.63, 3.8) is 0 Å². The van der Waals surface area contributed by atoms with Gasteiger partial charge in [-0.2, -0.15) is 0 Å². The molecule has 0 fully saturated rings. The molecule has 0 aliphatic carbocycles. The molecule has 2 aromatic heterocycles. The van der Waals surface area contributed by atoms with E-state index >= 15 is 0 Å². The number of carbonyl (C=O) groups is 1. The molecule has 0 radical (unpaired) electrons. The maximum Gasteiger partial charge on any atom is 0.274 e. The number of para-hydroxylation sites is 1. The first-order valence-corrected chi connectivity index (χ1v) is 16.2. The lowest BCUT2D eigenvalue weighted by Crippen LogP contribution is -2.32. The van der Waals surface area contributed by atoms with Crippen molar-refractivity contribution >= 4 is 22.5 Å². The fourth-order valence-electron chi connectivity index (χ4n) is 6.21. The Labute approximate surface area is 289 Å². The van der Waals surface area contributed by atoms with Crippen molar-refractivity contribution in [1.82, 2.24) is 30.1 Å². The van der Waals surface area contributed by atoms with Gasteiger partial charge in [-0.1, -0.05) is 24.3 Å². The summed E-state index contributed by atoms with van der Waals surface area (Å²) in [7, 11) is 6.49. The number of methoxy groups -OCH3 is 4. The number of rotatable bonds is 11. The number of carbonyl (C=O) groups excluding carboxylic acids is 1. The zero-order valence-electron chi connectivity index (χ0n) is 28.3. The number of tetrazole rings is 1. The molecule has 0 saturated carbocycles. The van der Waals surface area contributed by atoms with Gasteiger partial charge in [-0.3, -0.25) is 9.69 Å². The van der Waals surface area contributed by atoms with Gasteiger partial charge in [0.2, 0.25) is 5.82 Å². The zero-order chi connectivity index (χ0) is 34.6. The summed E-state index contributed by atoms with van der Waals surface area (Å²) < 4.78 is 22.0. The second-order valence-electron chi connectivity index (χ2n) is 11.9. The van der Waals surface area contributed by atoms with Crippen LogP contribution in [0, 0.1) is 0 Å². The molecule has 0 atom stereocenters. The van der Waals surface area contributed by atoms with Crippen molar-refractivity contribution in [2.45, 2.75) is 19.4 Å². The number of amides is 1. The number of benzene rings is 4. The van der Waals surface area contributed by atoms with E-state index in [0.29, 0.717) is 34.1 Å². The normalized spacial score (nSPS) is 12.7. The van der Waals surface area contributed by atoms with Gasteiger partial charge in [0.1, 0.15) is 17.2 Å². The molecular weight excluding hydrogens is 634 g/mol. The summed E-state index contributed by atoms with van der Waals surface area (Å²) in [6, 6.07) is 26.7. The van der Waals surface area contributed by atoms with E-state index in [1.54, 1.807) is 52.7 Å². The van der Waals surface area contributed by atoms with Gasteiger partial charge in [-0.05, 0) is 89.3 Å². The van der Waals surface area contributed by atoms with E-state index in [1.165, 1.54) is 21.5 Å². The van der Waals surface area contributed by atoms with E-state index in [1.807, 2.05) is 36.4 Å². The maximum absolute atomic E-state index is 13.4. The highest BCUT2D eigenvalue weighted by Crippen LogP contribution is 2.34. The SMILES string of the molecule is COc1ccc(NC(=O)c2cc(OC)c3ccccc3n2)c(-c2nnn(-c3ccc(CCN4CCc5cc(OC)c(OC)cc5C4)cc3)n2)c1. The highest BCUT2D eigenvalue weighted by atomic mass is 16.5. The van der Waals surface area contributed by atoms with Crippen molar-refractivity contribution in [2.24, 2.45) is 0 Å². The summed E-state index contributed by atoms with van der Waals surface area (Å²) in [5.41, 5.74) is 6.47. The van der Waals surface area contributed by atoms with E-state index < -0.39 is 5.91 Å². The number of nitrogens with zero attached hydrogens (tertiary/aromatic N) is 6. The molecule has 0 bridgehead atoms. The Morgan fingerprint density at radius 1 is 0.820 bits per heavy atom. The fourth-order valence-corrected chi connectivity index (χ4v) is 6.21. The number of nitrogens with one attached hydrogen (secondary N) is 1. The minimum atomic E-state index is -0.405. The molecular formula is C38H37N7O5. The van der Waals surface area contributed by atoms with Crippen LogP contribution < -0.4 is 24.3 Å². The minimum absolute atomic E-state index is 0.213. The highest BCUT2D eigenvalue weighted by Gasteiger charge is 2.21. The number of hydrogen-bond acceptors (Lipinski definition) is 10. The topological polar surface area (TPSA) is 126 Å². The molecule has 1 aliphatic rings. The fraction of sp³-hybridized carbons (Fsp3) is 0.237. The molecule has 50 heavy (non-hydrogen) atoms. The van der Waals surface area contributed by atoms with Gasteiger partial charge in [0.15, 0.2) is 11.5 Å². The average Bonchev–Trinajstić information content (AvgIpc) is 3.66. The van der Waals surface area contributed by atoms with Crippen LogP contribution in [0.5, 0.6) is 23.0 Å². The number of ether oxygens (including phenoxy) is 4. The molecule has 254 valence electrons. The predicted octanol–water partition coefficient (Wildman–Crippen LogP) is 5.77. The molecule has 7 rings (SSSR count). The first-order valence-electron chi connectivity index (χ1n) is 16.2. The number of aromatic nitrogens is 5. The van der Waals surface area contributed by atoms with Gasteiger partial charge in [0, 0.05) is 31.1 Å². The van der Waals surface area contributed by atoms with Crippen molar-refractivity contribution in [2.75, 3.05) is 46.8 Å². The minimum Gasteiger partial charge on any atom is -0.497 e. The van der Waals surface area contributed by atoms with Crippen LogP contribution in [-0.4, -0.2) is 77.5 Å². The molecule has 1 N–H and O–H groups in total. The average molecular weight is 672 g/mol. The Morgan fingerprint density at radius 2 is 1.58 bits per heavy atom. The van der Waals surface area contributed by atoms with Crippen LogP contribution in [0.4, 0.5) is 5.69 Å². The first-order chi connectivity index (χ1) is 24.5. The second-order valence-corrected chi connectivity index (χ2v) is 11.9. The van der Waals surface area contributed by atoms with Gasteiger partial charge in [-0.25, -0.2) is 4.98 Å². The lowest BCUT2D eigenvalue weighted by atomic mass is 9.98. The van der Waals surface area contributed by atoms with Crippen molar-refractivity contribution in [3.05, 3.63) is 107 Å². The summed E-state index contributed by atoms with van der Waals surface area (Å²) in [5.74, 6) is 2.61. The lowest BCUT2D eigenvalue weighted by molar-refractivity contribution is 0.102. The summed E-state index contributed by atoms with van der Waals surface area (Å²) in [4.78, 5) is 21.9. The molecule has 12 nitrogen and oxygen atoms in total. The van der Waals surface area contributed by atoms with E-state index in [2.05, 4.69) is 54.9 Å². The zero-order valence-corrected chi connectivity index (χ0v) is 28.3. The van der Waals surface area contributed by atoms with Gasteiger partial charge < -0.3 is 24.3 Å². The smallest absolute Gasteiger partial charge is 0.274 e. The Balaban J connectivity index is 1.05. The Morgan fingerprint density at radius 3 is 2.34 bits per heavy atom. The van der Waals surface area contributed by atoms with E-state index in [-0.39, 0.29) is 5.69 Å². The van der Waals surface area contributed by atoms with Crippen molar-refractivity contribution < 1.29 is 23.7 Å². The molecule has 3 heterocycles. The van der Waals surface area contributed by atoms with Crippen LogP contribution in [0.2, 0.25) is 0 Å². The Hall–Kier alpha value is -6.01. The molecule has 0 spiro atoms. The molecule has 0 saturated heterocycles. The molecule has 0 unspecified atom stereocenters. The standard InChI is InChI=1S/C38H37N7O5/c1-47-28-13-14-32(40-38(46)33-22-34(48-2)29-7-5-6-8-31(29)39-33)30(21-28)37-41-43-45(42-37)27-11-9-24(10-12-27)15-17-44-18-16-25-19-35(49-3)36(50-4)20-26(25)23-44/h5-14,19-22H,15-18,23H2,1-4H3,(H,40,46). The summed E-state index contributed by atoms with van der Waals surface area (Å²) in [6.45, 7) is 2.80. The van der Waals surface area contributed by atoms with Gasteiger partial charge in [0.25, 0.3) is 5.91 Å². The molecule has 4 aromatic carbocycles. The Kier molecular flexibility index (Phi) is 9.26. The highest BCUT2D eigenvalue weighted by molar-refractivity contribution is 6.06. The van der Waals surface area contributed by atoms with Crippen LogP contribution >= 0.6 is 0 Å². The first kappa shape index (κ1) is 32.5. The van der Waals surface area contributed by atoms with Crippen molar-refractivity contribution in [3.8, 4) is 40.1 Å². The third kappa shape index (κ3) is 6.65. The predicted molar refractivity (Wildman–Crippen MR) is 190 cm³/mol. The number of hydrogen-bond donors (Lipinski definition) is 1. The van der Waals surface area contributed by atoms with Crippen LogP contribution in [0.3, 0.4) is 0 Å². The maximum atomic E-state index is 13.4. The number of fused-ring (bicyclic) bond motifs is 2. The van der Waals surface area contributed by atoms with Gasteiger partial charge >= 0.3 is 0 Å². The second kappa shape index (κ2) is 14.2. The van der Waals surface area contributed by atoms with Gasteiger partial charge in [-0.15, -0.1) is 15.0 Å². The quantitative estimate of drug-likeness (QED) is 0.182. The molecule has 1 aliphatic heterocycles. The van der Waals surface area contributed by atoms with E-state index in [9.17, 15) is 4.79 Å². The third-order valence-corrected chi connectivity index (χ3v) is 8.94. The molecule has 12 heteroatoms. The van der Waals surface area contributed by atoms with Crippen LogP contribution in [0.15, 0.2) is 84.9 Å². The van der Waals surface area contributed by atoms with Crippen molar-refractivity contribution in [1.29, 1.82) is 0 Å². The largest absolute Gasteiger partial charge is 0.497 e. The van der Waals surface area contributed by atoms with E-state index in [0.717, 1.165) is 55.0 Å². The number of pyridine rings is 1. The van der Waals surface area contributed by atoms with Crippen LogP contribution in [0.25, 0.3) is 28.0 Å². The van der Waals surface area contributed by atoms with Crippen LogP contribution in [0.1, 0.15) is 27.2 Å². The Bertz CT molecular complexity index is 2170. The third-order valence-electron chi connectivity index (χ3n) is 8.94. The molecule has 1 amide bonds. The summed E-state index contributed by atoms with van der Waals surface area (Å²) in [5, 5.41) is 17.1.